The van der Waals surface area contributed by atoms with E-state index in [0.717, 1.165) is 23.0 Å². The second-order valence-electron chi connectivity index (χ2n) is 4.27. The summed E-state index contributed by atoms with van der Waals surface area (Å²) in [7, 11) is -2.41. The molecular formula is C13H13NO5S2. The normalized spacial score (nSPS) is 11.1. The van der Waals surface area contributed by atoms with Gasteiger partial charge in [-0.2, -0.15) is 0 Å². The van der Waals surface area contributed by atoms with Crippen LogP contribution < -0.4 is 9.46 Å². The number of nitrogens with one attached hydrogen (secondary N) is 1. The van der Waals surface area contributed by atoms with Gasteiger partial charge in [0.2, 0.25) is 0 Å². The lowest BCUT2D eigenvalue weighted by Crippen LogP contribution is -2.12. The lowest BCUT2D eigenvalue weighted by molar-refractivity contribution is 0.0697. The summed E-state index contributed by atoms with van der Waals surface area (Å²) in [5, 5.41) is 10.1. The molecule has 0 aliphatic heterocycles. The predicted octanol–water partition coefficient (Wildman–Crippen LogP) is 2.56. The number of aryl methyl sites for hydroxylation is 1. The van der Waals surface area contributed by atoms with Gasteiger partial charge in [0.15, 0.2) is 0 Å². The van der Waals surface area contributed by atoms with Crippen LogP contribution in [0.3, 0.4) is 0 Å². The van der Waals surface area contributed by atoms with E-state index in [9.17, 15) is 13.2 Å². The van der Waals surface area contributed by atoms with E-state index in [2.05, 4.69) is 4.72 Å². The highest BCUT2D eigenvalue weighted by Gasteiger charge is 2.20. The summed E-state index contributed by atoms with van der Waals surface area (Å²) < 4.78 is 32.0. The van der Waals surface area contributed by atoms with Crippen LogP contribution >= 0.6 is 11.3 Å². The van der Waals surface area contributed by atoms with Crippen molar-refractivity contribution in [3.63, 3.8) is 0 Å². The maximum Gasteiger partial charge on any atom is 0.336 e. The van der Waals surface area contributed by atoms with Crippen molar-refractivity contribution >= 4 is 33.0 Å². The number of carbonyl (C=O) groups is 1. The SMILES string of the molecule is COc1ccc(C)cc1NS(=O)(=O)c1cc(C(=O)O)cs1. The predicted molar refractivity (Wildman–Crippen MR) is 79.8 cm³/mol. The molecule has 1 aromatic heterocycles. The Balaban J connectivity index is 2.37. The van der Waals surface area contributed by atoms with Crippen molar-refractivity contribution in [3.05, 3.63) is 40.8 Å². The fraction of sp³-hybridized carbons (Fsp3) is 0.154. The molecule has 0 fully saturated rings. The molecule has 1 aromatic carbocycles. The first-order valence-electron chi connectivity index (χ1n) is 5.83. The minimum atomic E-state index is -3.85. The van der Waals surface area contributed by atoms with Crippen LogP contribution in [0.5, 0.6) is 5.75 Å². The van der Waals surface area contributed by atoms with Gasteiger partial charge in [0, 0.05) is 5.38 Å². The van der Waals surface area contributed by atoms with Gasteiger partial charge in [0.25, 0.3) is 10.0 Å². The molecule has 2 rings (SSSR count). The summed E-state index contributed by atoms with van der Waals surface area (Å²) >= 11 is 0.850. The zero-order valence-corrected chi connectivity index (χ0v) is 12.9. The molecule has 2 aromatic rings. The van der Waals surface area contributed by atoms with Crippen LogP contribution in [-0.2, 0) is 10.0 Å². The number of aromatic carboxylic acids is 1. The van der Waals surface area contributed by atoms with E-state index in [-0.39, 0.29) is 9.77 Å². The van der Waals surface area contributed by atoms with Crippen molar-refractivity contribution in [1.29, 1.82) is 0 Å². The van der Waals surface area contributed by atoms with E-state index in [1.165, 1.54) is 12.5 Å². The zero-order chi connectivity index (χ0) is 15.6. The molecule has 8 heteroatoms. The van der Waals surface area contributed by atoms with E-state index in [1.54, 1.807) is 18.2 Å². The molecule has 0 spiro atoms. The highest BCUT2D eigenvalue weighted by molar-refractivity contribution is 7.94. The van der Waals surface area contributed by atoms with Crippen LogP contribution in [0.25, 0.3) is 0 Å². The number of anilines is 1. The molecule has 0 saturated carbocycles. The minimum Gasteiger partial charge on any atom is -0.495 e. The molecule has 1 heterocycles. The van der Waals surface area contributed by atoms with Gasteiger partial charge in [-0.05, 0) is 30.7 Å². The molecular weight excluding hydrogens is 314 g/mol. The van der Waals surface area contributed by atoms with Crippen molar-refractivity contribution in [3.8, 4) is 5.75 Å². The first-order chi connectivity index (χ1) is 9.83. The van der Waals surface area contributed by atoms with Crippen LogP contribution in [-0.4, -0.2) is 26.6 Å². The van der Waals surface area contributed by atoms with Crippen LogP contribution in [0.2, 0.25) is 0 Å². The topological polar surface area (TPSA) is 92.7 Å². The molecule has 0 aliphatic rings. The Morgan fingerprint density at radius 1 is 1.33 bits per heavy atom. The lowest BCUT2D eigenvalue weighted by atomic mass is 10.2. The van der Waals surface area contributed by atoms with Crippen molar-refractivity contribution in [2.24, 2.45) is 0 Å². The fourth-order valence-electron chi connectivity index (χ4n) is 1.67. The van der Waals surface area contributed by atoms with Gasteiger partial charge in [0.05, 0.1) is 18.4 Å². The quantitative estimate of drug-likeness (QED) is 0.880. The molecule has 0 bridgehead atoms. The van der Waals surface area contributed by atoms with Gasteiger partial charge in [-0.15, -0.1) is 11.3 Å². The summed E-state index contributed by atoms with van der Waals surface area (Å²) in [6.07, 6.45) is 0. The number of hydrogen-bond donors (Lipinski definition) is 2. The first kappa shape index (κ1) is 15.3. The number of sulfonamides is 1. The van der Waals surface area contributed by atoms with E-state index in [4.69, 9.17) is 9.84 Å². The van der Waals surface area contributed by atoms with Gasteiger partial charge in [-0.1, -0.05) is 6.07 Å². The van der Waals surface area contributed by atoms with Crippen LogP contribution in [0.15, 0.2) is 33.9 Å². The van der Waals surface area contributed by atoms with Gasteiger partial charge in [0.1, 0.15) is 9.96 Å². The fourth-order valence-corrected chi connectivity index (χ4v) is 3.88. The number of benzene rings is 1. The lowest BCUT2D eigenvalue weighted by Gasteiger charge is -2.11. The van der Waals surface area contributed by atoms with Gasteiger partial charge in [-0.3, -0.25) is 4.72 Å². The highest BCUT2D eigenvalue weighted by atomic mass is 32.2. The third-order valence-electron chi connectivity index (χ3n) is 2.69. The molecule has 6 nitrogen and oxygen atoms in total. The van der Waals surface area contributed by atoms with E-state index in [0.29, 0.717) is 11.4 Å². The zero-order valence-electron chi connectivity index (χ0n) is 11.3. The Labute approximate surface area is 126 Å². The highest BCUT2D eigenvalue weighted by Crippen LogP contribution is 2.29. The average molecular weight is 327 g/mol. The Bertz CT molecular complexity index is 780. The number of hydrogen-bond acceptors (Lipinski definition) is 5. The maximum absolute atomic E-state index is 12.3. The van der Waals surface area contributed by atoms with Crippen molar-refractivity contribution in [2.45, 2.75) is 11.1 Å². The van der Waals surface area contributed by atoms with Gasteiger partial charge >= 0.3 is 5.97 Å². The maximum atomic E-state index is 12.3. The molecule has 2 N–H and O–H groups in total. The summed E-state index contributed by atoms with van der Waals surface area (Å²) in [5.74, 6) is -0.778. The number of carboxylic acid groups (broad SMARTS) is 1. The largest absolute Gasteiger partial charge is 0.495 e. The summed E-state index contributed by atoms with van der Waals surface area (Å²) in [6.45, 7) is 1.82. The molecule has 0 saturated heterocycles. The van der Waals surface area contributed by atoms with Crippen molar-refractivity contribution in [1.82, 2.24) is 0 Å². The second-order valence-corrected chi connectivity index (χ2v) is 7.09. The third kappa shape index (κ3) is 3.34. The molecule has 0 atom stereocenters. The molecule has 21 heavy (non-hydrogen) atoms. The Kier molecular flexibility index (Phi) is 4.19. The first-order valence-corrected chi connectivity index (χ1v) is 8.19. The molecule has 0 amide bonds. The molecule has 0 unspecified atom stereocenters. The number of thiophene rings is 1. The van der Waals surface area contributed by atoms with Crippen molar-refractivity contribution < 1.29 is 23.1 Å². The summed E-state index contributed by atoms with van der Waals surface area (Å²) in [6, 6.07) is 6.22. The summed E-state index contributed by atoms with van der Waals surface area (Å²) in [4.78, 5) is 10.8. The molecule has 0 radical (unpaired) electrons. The smallest absolute Gasteiger partial charge is 0.336 e. The summed E-state index contributed by atoms with van der Waals surface area (Å²) in [5.41, 5.74) is 1.12. The van der Waals surface area contributed by atoms with E-state index < -0.39 is 16.0 Å². The van der Waals surface area contributed by atoms with E-state index >= 15 is 0 Å². The number of rotatable bonds is 5. The van der Waals surface area contributed by atoms with Crippen molar-refractivity contribution in [2.75, 3.05) is 11.8 Å². The molecule has 112 valence electrons. The monoisotopic (exact) mass is 327 g/mol. The van der Waals surface area contributed by atoms with Gasteiger partial charge in [-0.25, -0.2) is 13.2 Å². The third-order valence-corrected chi connectivity index (χ3v) is 5.49. The number of ether oxygens (including phenoxy) is 1. The minimum absolute atomic E-state index is 0.0587. The van der Waals surface area contributed by atoms with Crippen LogP contribution in [0, 0.1) is 6.92 Å². The van der Waals surface area contributed by atoms with Crippen LogP contribution in [0.1, 0.15) is 15.9 Å². The Morgan fingerprint density at radius 3 is 2.62 bits per heavy atom. The average Bonchev–Trinajstić information content (AvgIpc) is 2.89. The standard InChI is InChI=1S/C13H13NO5S2/c1-8-3-4-11(19-2)10(5-8)14-21(17,18)12-6-9(7-20-12)13(15)16/h3-7,14H,1-2H3,(H,15,16). The second kappa shape index (κ2) is 5.74. The Morgan fingerprint density at radius 2 is 2.05 bits per heavy atom. The molecule has 0 aliphatic carbocycles. The van der Waals surface area contributed by atoms with Crippen LogP contribution in [0.4, 0.5) is 5.69 Å². The Hall–Kier alpha value is -2.06. The number of methoxy groups -OCH3 is 1. The number of carboxylic acids is 1. The van der Waals surface area contributed by atoms with E-state index in [1.807, 2.05) is 6.92 Å². The van der Waals surface area contributed by atoms with Gasteiger partial charge < -0.3 is 9.84 Å².